The van der Waals surface area contributed by atoms with Crippen LogP contribution in [-0.4, -0.2) is 17.8 Å². The van der Waals surface area contributed by atoms with Crippen molar-refractivity contribution in [3.63, 3.8) is 0 Å². The van der Waals surface area contributed by atoms with E-state index in [4.69, 9.17) is 23.2 Å². The van der Waals surface area contributed by atoms with Gasteiger partial charge in [-0.1, -0.05) is 17.7 Å². The molecular weight excluding hydrogens is 264 g/mol. The summed E-state index contributed by atoms with van der Waals surface area (Å²) in [5.41, 5.74) is -0.0311. The van der Waals surface area contributed by atoms with Crippen molar-refractivity contribution in [3.05, 3.63) is 34.6 Å². The molecule has 1 atom stereocenters. The van der Waals surface area contributed by atoms with Crippen molar-refractivity contribution in [2.45, 2.75) is 25.1 Å². The molecule has 1 amide bonds. The number of amides is 1. The van der Waals surface area contributed by atoms with Gasteiger partial charge < -0.3 is 5.32 Å². The number of hydrogen-bond acceptors (Lipinski definition) is 1. The molecule has 0 spiro atoms. The molecule has 17 heavy (non-hydrogen) atoms. The number of alkyl halides is 1. The predicted octanol–water partition coefficient (Wildman–Crippen LogP) is 3.62. The van der Waals surface area contributed by atoms with Gasteiger partial charge in [-0.3, -0.25) is 4.79 Å². The van der Waals surface area contributed by atoms with Gasteiger partial charge in [0.25, 0.3) is 5.91 Å². The number of benzene rings is 1. The third-order valence-corrected chi connectivity index (χ3v) is 2.77. The van der Waals surface area contributed by atoms with E-state index >= 15 is 0 Å². The van der Waals surface area contributed by atoms with Crippen LogP contribution in [0.1, 0.15) is 30.1 Å². The Bertz CT molecular complexity index is 396. The lowest BCUT2D eigenvalue weighted by atomic mass is 10.2. The van der Waals surface area contributed by atoms with Crippen LogP contribution in [0.2, 0.25) is 5.02 Å². The highest BCUT2D eigenvalue weighted by Gasteiger charge is 2.13. The van der Waals surface area contributed by atoms with Gasteiger partial charge in [0.05, 0.1) is 10.6 Å². The van der Waals surface area contributed by atoms with Crippen LogP contribution in [0.5, 0.6) is 0 Å². The van der Waals surface area contributed by atoms with Gasteiger partial charge in [-0.2, -0.15) is 0 Å². The molecule has 0 fully saturated rings. The van der Waals surface area contributed by atoms with Crippen LogP contribution in [0.15, 0.2) is 18.2 Å². The van der Waals surface area contributed by atoms with E-state index in [9.17, 15) is 9.18 Å². The Labute approximate surface area is 110 Å². The van der Waals surface area contributed by atoms with E-state index in [0.717, 1.165) is 12.8 Å². The fourth-order valence-corrected chi connectivity index (χ4v) is 1.69. The zero-order valence-corrected chi connectivity index (χ0v) is 11.0. The van der Waals surface area contributed by atoms with Crippen LogP contribution in [0.4, 0.5) is 4.39 Å². The first-order valence-electron chi connectivity index (χ1n) is 5.38. The molecule has 0 radical (unpaired) electrons. The molecule has 1 aromatic rings. The minimum absolute atomic E-state index is 0.0311. The van der Waals surface area contributed by atoms with Crippen LogP contribution >= 0.6 is 23.2 Å². The Balaban J connectivity index is 2.50. The minimum Gasteiger partial charge on any atom is -0.352 e. The van der Waals surface area contributed by atoms with Crippen molar-refractivity contribution >= 4 is 29.1 Å². The van der Waals surface area contributed by atoms with Gasteiger partial charge >= 0.3 is 0 Å². The van der Waals surface area contributed by atoms with E-state index in [0.29, 0.717) is 6.54 Å². The highest BCUT2D eigenvalue weighted by Crippen LogP contribution is 2.17. The highest BCUT2D eigenvalue weighted by atomic mass is 35.5. The summed E-state index contributed by atoms with van der Waals surface area (Å²) >= 11 is 11.4. The summed E-state index contributed by atoms with van der Waals surface area (Å²) in [6.07, 6.45) is 1.57. The second kappa shape index (κ2) is 6.82. The van der Waals surface area contributed by atoms with Gasteiger partial charge in [0.15, 0.2) is 5.82 Å². The zero-order valence-electron chi connectivity index (χ0n) is 9.47. The fourth-order valence-electron chi connectivity index (χ4n) is 1.36. The first-order chi connectivity index (χ1) is 8.02. The Hall–Kier alpha value is -0.800. The van der Waals surface area contributed by atoms with Crippen molar-refractivity contribution in [1.29, 1.82) is 0 Å². The Morgan fingerprint density at radius 3 is 2.88 bits per heavy atom. The van der Waals surface area contributed by atoms with Crippen molar-refractivity contribution in [1.82, 2.24) is 5.32 Å². The standard InChI is InChI=1S/C12H14Cl2FNO/c1-8(13)4-3-7-16-12(17)9-5-2-6-10(14)11(9)15/h2,5-6,8H,3-4,7H2,1H3,(H,16,17). The van der Waals surface area contributed by atoms with Crippen molar-refractivity contribution in [3.8, 4) is 0 Å². The average Bonchev–Trinajstić information content (AvgIpc) is 2.27. The molecule has 0 bridgehead atoms. The van der Waals surface area contributed by atoms with E-state index in [1.54, 1.807) is 6.07 Å². The number of rotatable bonds is 5. The van der Waals surface area contributed by atoms with Crippen LogP contribution in [0, 0.1) is 5.82 Å². The van der Waals surface area contributed by atoms with Crippen LogP contribution in [0.25, 0.3) is 0 Å². The summed E-state index contributed by atoms with van der Waals surface area (Å²) < 4.78 is 13.5. The lowest BCUT2D eigenvalue weighted by Crippen LogP contribution is -2.25. The molecule has 0 aliphatic rings. The molecule has 0 aliphatic heterocycles. The molecule has 1 rings (SSSR count). The monoisotopic (exact) mass is 277 g/mol. The molecule has 0 saturated carbocycles. The van der Waals surface area contributed by atoms with Gasteiger partial charge in [-0.25, -0.2) is 4.39 Å². The van der Waals surface area contributed by atoms with Crippen molar-refractivity contribution in [2.75, 3.05) is 6.54 Å². The van der Waals surface area contributed by atoms with E-state index in [-0.39, 0.29) is 16.0 Å². The number of carbonyl (C=O) groups is 1. The smallest absolute Gasteiger partial charge is 0.254 e. The number of hydrogen-bond donors (Lipinski definition) is 1. The molecule has 0 saturated heterocycles. The quantitative estimate of drug-likeness (QED) is 0.647. The first-order valence-corrected chi connectivity index (χ1v) is 6.20. The maximum absolute atomic E-state index is 13.5. The number of nitrogens with one attached hydrogen (secondary N) is 1. The van der Waals surface area contributed by atoms with Gasteiger partial charge in [0, 0.05) is 11.9 Å². The van der Waals surface area contributed by atoms with Crippen molar-refractivity contribution in [2.24, 2.45) is 0 Å². The van der Waals surface area contributed by atoms with E-state index in [2.05, 4.69) is 5.32 Å². The molecule has 5 heteroatoms. The number of halogens is 3. The van der Waals surface area contributed by atoms with E-state index < -0.39 is 11.7 Å². The maximum atomic E-state index is 13.5. The molecule has 1 aromatic carbocycles. The van der Waals surface area contributed by atoms with E-state index in [1.165, 1.54) is 12.1 Å². The molecule has 0 aromatic heterocycles. The Morgan fingerprint density at radius 2 is 2.24 bits per heavy atom. The van der Waals surface area contributed by atoms with Gasteiger partial charge in [-0.15, -0.1) is 11.6 Å². The molecule has 1 N–H and O–H groups in total. The normalized spacial score (nSPS) is 12.2. The molecule has 0 aliphatic carbocycles. The third-order valence-electron chi connectivity index (χ3n) is 2.26. The zero-order chi connectivity index (χ0) is 12.8. The van der Waals surface area contributed by atoms with Crippen LogP contribution in [-0.2, 0) is 0 Å². The highest BCUT2D eigenvalue weighted by molar-refractivity contribution is 6.31. The molecule has 1 unspecified atom stereocenters. The first kappa shape index (κ1) is 14.3. The summed E-state index contributed by atoms with van der Waals surface area (Å²) in [6, 6.07) is 4.35. The third kappa shape index (κ3) is 4.52. The van der Waals surface area contributed by atoms with E-state index in [1.807, 2.05) is 6.92 Å². The Kier molecular flexibility index (Phi) is 5.72. The van der Waals surface area contributed by atoms with Crippen LogP contribution in [0.3, 0.4) is 0 Å². The topological polar surface area (TPSA) is 29.1 Å². The van der Waals surface area contributed by atoms with Gasteiger partial charge in [0.2, 0.25) is 0 Å². The van der Waals surface area contributed by atoms with Gasteiger partial charge in [-0.05, 0) is 31.9 Å². The summed E-state index contributed by atoms with van der Waals surface area (Å²) in [6.45, 7) is 2.36. The predicted molar refractivity (Wildman–Crippen MR) is 68.3 cm³/mol. The molecular formula is C12H14Cl2FNO. The summed E-state index contributed by atoms with van der Waals surface area (Å²) in [5, 5.41) is 2.66. The summed E-state index contributed by atoms with van der Waals surface area (Å²) in [7, 11) is 0. The molecule has 94 valence electrons. The lowest BCUT2D eigenvalue weighted by Gasteiger charge is -2.07. The maximum Gasteiger partial charge on any atom is 0.254 e. The second-order valence-corrected chi connectivity index (χ2v) is 4.93. The summed E-state index contributed by atoms with van der Waals surface area (Å²) in [4.78, 5) is 11.6. The minimum atomic E-state index is -0.683. The summed E-state index contributed by atoms with van der Waals surface area (Å²) in [5.74, 6) is -1.13. The average molecular weight is 278 g/mol. The largest absolute Gasteiger partial charge is 0.352 e. The Morgan fingerprint density at radius 1 is 1.53 bits per heavy atom. The van der Waals surface area contributed by atoms with Crippen molar-refractivity contribution < 1.29 is 9.18 Å². The van der Waals surface area contributed by atoms with Crippen LogP contribution < -0.4 is 5.32 Å². The lowest BCUT2D eigenvalue weighted by molar-refractivity contribution is 0.0949. The SMILES string of the molecule is CC(Cl)CCCNC(=O)c1cccc(Cl)c1F. The fraction of sp³-hybridized carbons (Fsp3) is 0.417. The second-order valence-electron chi connectivity index (χ2n) is 3.78. The number of carbonyl (C=O) groups excluding carboxylic acids is 1. The van der Waals surface area contributed by atoms with Gasteiger partial charge in [0.1, 0.15) is 0 Å². The molecule has 2 nitrogen and oxygen atoms in total. The molecule has 0 heterocycles.